The van der Waals surface area contributed by atoms with Gasteiger partial charge in [0.25, 0.3) is 0 Å². The number of aromatic nitrogens is 2. The summed E-state index contributed by atoms with van der Waals surface area (Å²) >= 11 is 1.66. The lowest BCUT2D eigenvalue weighted by Crippen LogP contribution is -2.40. The Kier molecular flexibility index (Phi) is 5.88. The lowest BCUT2D eigenvalue weighted by Gasteiger charge is -2.26. The highest BCUT2D eigenvalue weighted by Crippen LogP contribution is 2.42. The van der Waals surface area contributed by atoms with E-state index >= 15 is 0 Å². The van der Waals surface area contributed by atoms with Crippen LogP contribution in [0, 0.1) is 0 Å². The molecule has 0 amide bonds. The van der Waals surface area contributed by atoms with Crippen molar-refractivity contribution in [3.05, 3.63) is 66.4 Å². The number of morpholine rings is 1. The molecule has 2 aliphatic rings. The molecule has 5 rings (SSSR count). The van der Waals surface area contributed by atoms with Crippen molar-refractivity contribution in [3.63, 3.8) is 0 Å². The Labute approximate surface area is 187 Å². The Morgan fingerprint density at radius 2 is 1.81 bits per heavy atom. The zero-order chi connectivity index (χ0) is 21.3. The molecular formula is C23H25N3O3S2. The third-order valence-electron chi connectivity index (χ3n) is 5.62. The summed E-state index contributed by atoms with van der Waals surface area (Å²) in [6.07, 6.45) is 4.31. The van der Waals surface area contributed by atoms with Crippen LogP contribution in [-0.4, -0.2) is 48.6 Å². The van der Waals surface area contributed by atoms with E-state index in [-0.39, 0.29) is 0 Å². The highest BCUT2D eigenvalue weighted by atomic mass is 32.2. The number of thioether (sulfide) groups is 1. The molecule has 1 saturated heterocycles. The van der Waals surface area contributed by atoms with Gasteiger partial charge in [-0.3, -0.25) is 0 Å². The molecule has 0 atom stereocenters. The van der Waals surface area contributed by atoms with E-state index < -0.39 is 10.0 Å². The van der Waals surface area contributed by atoms with Crippen molar-refractivity contribution in [3.8, 4) is 11.3 Å². The van der Waals surface area contributed by atoms with Crippen molar-refractivity contribution in [2.24, 2.45) is 0 Å². The molecule has 6 nitrogen and oxygen atoms in total. The summed E-state index contributed by atoms with van der Waals surface area (Å²) in [5, 5.41) is 0.989. The molecular weight excluding hydrogens is 430 g/mol. The van der Waals surface area contributed by atoms with Gasteiger partial charge in [-0.05, 0) is 36.1 Å². The van der Waals surface area contributed by atoms with Crippen LogP contribution in [0.5, 0.6) is 0 Å². The van der Waals surface area contributed by atoms with Crippen LogP contribution < -0.4 is 0 Å². The summed E-state index contributed by atoms with van der Waals surface area (Å²) in [6, 6.07) is 18.1. The van der Waals surface area contributed by atoms with Crippen LogP contribution in [0.25, 0.3) is 11.3 Å². The molecule has 0 N–H and O–H groups in total. The van der Waals surface area contributed by atoms with E-state index in [1.165, 1.54) is 22.7 Å². The molecule has 1 saturated carbocycles. The third-order valence-corrected chi connectivity index (χ3v) is 8.55. The molecule has 0 radical (unpaired) electrons. The predicted octanol–water partition coefficient (Wildman–Crippen LogP) is 4.20. The minimum atomic E-state index is -3.49. The van der Waals surface area contributed by atoms with Gasteiger partial charge in [0.05, 0.1) is 30.0 Å². The SMILES string of the molecule is O=S(=O)(c1cccc(CSc2ncc(-c3ccccc3)n2C2CC2)c1)N1CCOCC1. The molecule has 31 heavy (non-hydrogen) atoms. The minimum Gasteiger partial charge on any atom is -0.379 e. The fraction of sp³-hybridized carbons (Fsp3) is 0.348. The molecule has 2 aromatic carbocycles. The number of rotatable bonds is 7. The largest absolute Gasteiger partial charge is 0.379 e. The second-order valence-electron chi connectivity index (χ2n) is 7.85. The zero-order valence-electron chi connectivity index (χ0n) is 17.2. The standard InChI is InChI=1S/C23H25N3O3S2/c27-31(28,25-11-13-29-14-12-25)21-8-4-5-18(15-21)17-30-23-24-16-22(26(23)20-9-10-20)19-6-2-1-3-7-19/h1-8,15-16,20H,9-14,17H2. The fourth-order valence-corrected chi connectivity index (χ4v) is 6.31. The van der Waals surface area contributed by atoms with E-state index in [1.54, 1.807) is 23.9 Å². The van der Waals surface area contributed by atoms with Gasteiger partial charge in [0, 0.05) is 24.9 Å². The van der Waals surface area contributed by atoms with Gasteiger partial charge in [0.1, 0.15) is 0 Å². The van der Waals surface area contributed by atoms with Crippen LogP contribution in [0.4, 0.5) is 0 Å². The van der Waals surface area contributed by atoms with E-state index in [4.69, 9.17) is 9.72 Å². The fourth-order valence-electron chi connectivity index (χ4n) is 3.84. The number of ether oxygens (including phenoxy) is 1. The van der Waals surface area contributed by atoms with E-state index in [0.29, 0.717) is 43.0 Å². The second-order valence-corrected chi connectivity index (χ2v) is 10.7. The van der Waals surface area contributed by atoms with Gasteiger partial charge in [-0.2, -0.15) is 4.31 Å². The van der Waals surface area contributed by atoms with Gasteiger partial charge in [-0.25, -0.2) is 13.4 Å². The first-order valence-corrected chi connectivity index (χ1v) is 13.0. The molecule has 1 aliphatic carbocycles. The number of sulfonamides is 1. The van der Waals surface area contributed by atoms with Crippen molar-refractivity contribution in [2.45, 2.75) is 34.7 Å². The molecule has 8 heteroatoms. The van der Waals surface area contributed by atoms with Crippen molar-refractivity contribution in [2.75, 3.05) is 26.3 Å². The highest BCUT2D eigenvalue weighted by Gasteiger charge is 2.29. The van der Waals surface area contributed by atoms with Crippen molar-refractivity contribution in [1.82, 2.24) is 13.9 Å². The molecule has 0 unspecified atom stereocenters. The number of hydrogen-bond acceptors (Lipinski definition) is 5. The minimum absolute atomic E-state index is 0.350. The normalized spacial score (nSPS) is 17.7. The maximum atomic E-state index is 13.0. The monoisotopic (exact) mass is 455 g/mol. The summed E-state index contributed by atoms with van der Waals surface area (Å²) in [7, 11) is -3.49. The predicted molar refractivity (Wildman–Crippen MR) is 122 cm³/mol. The quantitative estimate of drug-likeness (QED) is 0.500. The molecule has 0 spiro atoms. The topological polar surface area (TPSA) is 64.4 Å². The van der Waals surface area contributed by atoms with Crippen molar-refractivity contribution in [1.29, 1.82) is 0 Å². The van der Waals surface area contributed by atoms with E-state index in [2.05, 4.69) is 16.7 Å². The van der Waals surface area contributed by atoms with Gasteiger partial charge in [0.15, 0.2) is 5.16 Å². The summed E-state index contributed by atoms with van der Waals surface area (Å²) < 4.78 is 35.1. The molecule has 0 bridgehead atoms. The average molecular weight is 456 g/mol. The van der Waals surface area contributed by atoms with E-state index in [9.17, 15) is 8.42 Å². The molecule has 1 aliphatic heterocycles. The Bertz CT molecular complexity index is 1150. The van der Waals surface area contributed by atoms with Crippen LogP contribution in [0.3, 0.4) is 0 Å². The van der Waals surface area contributed by atoms with Crippen LogP contribution in [0.2, 0.25) is 0 Å². The van der Waals surface area contributed by atoms with E-state index in [1.807, 2.05) is 36.5 Å². The lowest BCUT2D eigenvalue weighted by atomic mass is 10.2. The van der Waals surface area contributed by atoms with Crippen molar-refractivity contribution < 1.29 is 13.2 Å². The molecule has 1 aromatic heterocycles. The Hall–Kier alpha value is -2.13. The molecule has 2 fully saturated rings. The van der Waals surface area contributed by atoms with Gasteiger partial charge < -0.3 is 9.30 Å². The zero-order valence-corrected chi connectivity index (χ0v) is 18.8. The first-order chi connectivity index (χ1) is 15.1. The second kappa shape index (κ2) is 8.78. The maximum Gasteiger partial charge on any atom is 0.243 e. The number of hydrogen-bond donors (Lipinski definition) is 0. The van der Waals surface area contributed by atoms with Gasteiger partial charge >= 0.3 is 0 Å². The Morgan fingerprint density at radius 1 is 1.03 bits per heavy atom. The van der Waals surface area contributed by atoms with Crippen LogP contribution in [-0.2, 0) is 20.5 Å². The highest BCUT2D eigenvalue weighted by molar-refractivity contribution is 7.98. The molecule has 2 heterocycles. The van der Waals surface area contributed by atoms with Crippen LogP contribution in [0.15, 0.2) is 70.8 Å². The summed E-state index contributed by atoms with van der Waals surface area (Å²) in [5.41, 5.74) is 3.30. The first-order valence-electron chi connectivity index (χ1n) is 10.6. The van der Waals surface area contributed by atoms with Crippen molar-refractivity contribution >= 4 is 21.8 Å². The van der Waals surface area contributed by atoms with E-state index in [0.717, 1.165) is 16.4 Å². The number of nitrogens with zero attached hydrogens (tertiary/aromatic N) is 3. The van der Waals surface area contributed by atoms with Gasteiger partial charge in [-0.15, -0.1) is 0 Å². The van der Waals surface area contributed by atoms with Gasteiger partial charge in [-0.1, -0.05) is 54.2 Å². The summed E-state index contributed by atoms with van der Waals surface area (Å²) in [6.45, 7) is 1.70. The number of benzene rings is 2. The molecule has 162 valence electrons. The Balaban J connectivity index is 1.35. The summed E-state index contributed by atoms with van der Waals surface area (Å²) in [4.78, 5) is 5.05. The number of imidazole rings is 1. The third kappa shape index (κ3) is 4.43. The van der Waals surface area contributed by atoms with Gasteiger partial charge in [0.2, 0.25) is 10.0 Å². The average Bonchev–Trinajstić information content (AvgIpc) is 3.57. The summed E-state index contributed by atoms with van der Waals surface area (Å²) in [5.74, 6) is 0.671. The maximum absolute atomic E-state index is 13.0. The van der Waals surface area contributed by atoms with Crippen LogP contribution >= 0.6 is 11.8 Å². The first kappa shape index (κ1) is 20.8. The molecule has 3 aromatic rings. The Morgan fingerprint density at radius 3 is 2.55 bits per heavy atom. The smallest absolute Gasteiger partial charge is 0.243 e. The lowest BCUT2D eigenvalue weighted by molar-refractivity contribution is 0.0730. The van der Waals surface area contributed by atoms with Crippen LogP contribution in [0.1, 0.15) is 24.4 Å².